The predicted octanol–water partition coefficient (Wildman–Crippen LogP) is 3.29. The second kappa shape index (κ2) is 8.28. The molecule has 0 aliphatic carbocycles. The summed E-state index contributed by atoms with van der Waals surface area (Å²) in [7, 11) is 0. The molecule has 0 bridgehead atoms. The van der Waals surface area contributed by atoms with Crippen LogP contribution in [0.1, 0.15) is 24.2 Å². The monoisotopic (exact) mass is 405 g/mol. The van der Waals surface area contributed by atoms with E-state index in [-0.39, 0.29) is 22.9 Å². The van der Waals surface area contributed by atoms with E-state index >= 15 is 0 Å². The van der Waals surface area contributed by atoms with E-state index in [0.29, 0.717) is 30.8 Å². The molecule has 4 rings (SSSR count). The number of anilines is 1. The molecule has 2 heterocycles. The molecule has 0 aliphatic heterocycles. The van der Waals surface area contributed by atoms with Crippen LogP contribution in [0.4, 0.5) is 10.1 Å². The Balaban J connectivity index is 1.43. The van der Waals surface area contributed by atoms with Gasteiger partial charge in [-0.2, -0.15) is 0 Å². The smallest absolute Gasteiger partial charge is 0.300 e. The third-order valence-electron chi connectivity index (χ3n) is 4.79. The maximum atomic E-state index is 13.1. The maximum Gasteiger partial charge on any atom is 0.300 e. The second-order valence-corrected chi connectivity index (χ2v) is 7.03. The first kappa shape index (κ1) is 19.5. The number of carbonyl (C=O) groups excluding carboxylic acids is 1. The van der Waals surface area contributed by atoms with E-state index in [1.54, 1.807) is 16.8 Å². The minimum Gasteiger partial charge on any atom is -0.326 e. The highest BCUT2D eigenvalue weighted by molar-refractivity contribution is 5.90. The molecular weight excluding hydrogens is 385 g/mol. The van der Waals surface area contributed by atoms with Crippen LogP contribution in [0.3, 0.4) is 0 Å². The highest BCUT2D eigenvalue weighted by Crippen LogP contribution is 2.11. The van der Waals surface area contributed by atoms with Gasteiger partial charge in [0.05, 0.1) is 0 Å². The van der Waals surface area contributed by atoms with Crippen LogP contribution in [-0.4, -0.2) is 25.1 Å². The summed E-state index contributed by atoms with van der Waals surface area (Å²) < 4.78 is 16.1. The molecule has 0 aliphatic rings. The van der Waals surface area contributed by atoms with Gasteiger partial charge < -0.3 is 5.32 Å². The van der Waals surface area contributed by atoms with Gasteiger partial charge in [-0.1, -0.05) is 17.7 Å². The lowest BCUT2D eigenvalue weighted by molar-refractivity contribution is -0.116. The lowest BCUT2D eigenvalue weighted by Gasteiger charge is -2.07. The molecule has 0 atom stereocenters. The lowest BCUT2D eigenvalue weighted by Crippen LogP contribution is -2.20. The van der Waals surface area contributed by atoms with Crippen LogP contribution < -0.4 is 10.9 Å². The molecule has 0 radical (unpaired) electrons. The summed E-state index contributed by atoms with van der Waals surface area (Å²) in [6.07, 6.45) is 4.69. The van der Waals surface area contributed by atoms with Crippen LogP contribution in [0, 0.1) is 12.7 Å². The molecular formula is C22H20FN5O2. The molecule has 152 valence electrons. The van der Waals surface area contributed by atoms with Crippen molar-refractivity contribution >= 4 is 17.2 Å². The van der Waals surface area contributed by atoms with Crippen LogP contribution in [0.2, 0.25) is 0 Å². The van der Waals surface area contributed by atoms with Crippen molar-refractivity contribution in [1.82, 2.24) is 19.2 Å². The molecule has 4 aromatic rings. The fourth-order valence-corrected chi connectivity index (χ4v) is 3.18. The fraction of sp³-hybridized carbons (Fsp3) is 0.182. The normalized spacial score (nSPS) is 11.0. The SMILES string of the molecule is Cc1ccc(NC(=O)CCCc2nnc3c(=O)n(-c4ccc(F)cc4)ccn23)cc1. The molecule has 0 saturated carbocycles. The van der Waals surface area contributed by atoms with E-state index < -0.39 is 0 Å². The third kappa shape index (κ3) is 4.12. The second-order valence-electron chi connectivity index (χ2n) is 7.03. The van der Waals surface area contributed by atoms with Crippen molar-refractivity contribution in [2.24, 2.45) is 0 Å². The Morgan fingerprint density at radius 1 is 1.03 bits per heavy atom. The number of benzene rings is 2. The van der Waals surface area contributed by atoms with Gasteiger partial charge in [-0.25, -0.2) is 4.39 Å². The number of nitrogens with zero attached hydrogens (tertiary/aromatic N) is 4. The molecule has 7 nitrogen and oxygen atoms in total. The molecule has 2 aromatic carbocycles. The topological polar surface area (TPSA) is 81.3 Å². The molecule has 0 spiro atoms. The average molecular weight is 405 g/mol. The van der Waals surface area contributed by atoms with Crippen molar-refractivity contribution in [3.05, 3.63) is 88.5 Å². The van der Waals surface area contributed by atoms with Gasteiger partial charge >= 0.3 is 5.56 Å². The van der Waals surface area contributed by atoms with Crippen molar-refractivity contribution in [2.45, 2.75) is 26.2 Å². The summed E-state index contributed by atoms with van der Waals surface area (Å²) in [6, 6.07) is 13.3. The van der Waals surface area contributed by atoms with Gasteiger partial charge in [-0.05, 0) is 49.7 Å². The number of carbonyl (C=O) groups is 1. The number of nitrogens with one attached hydrogen (secondary N) is 1. The Morgan fingerprint density at radius 3 is 2.50 bits per heavy atom. The van der Waals surface area contributed by atoms with Gasteiger partial charge in [-0.15, -0.1) is 10.2 Å². The van der Waals surface area contributed by atoms with Crippen LogP contribution in [0.15, 0.2) is 65.7 Å². The number of hydrogen-bond donors (Lipinski definition) is 1. The molecule has 30 heavy (non-hydrogen) atoms. The summed E-state index contributed by atoms with van der Waals surface area (Å²) in [5.74, 6) is 0.159. The zero-order chi connectivity index (χ0) is 21.1. The molecule has 0 unspecified atom stereocenters. The van der Waals surface area contributed by atoms with Gasteiger partial charge in [0.1, 0.15) is 11.6 Å². The zero-order valence-electron chi connectivity index (χ0n) is 16.4. The summed E-state index contributed by atoms with van der Waals surface area (Å²) in [6.45, 7) is 1.99. The molecule has 0 fully saturated rings. The first-order chi connectivity index (χ1) is 14.5. The average Bonchev–Trinajstić information content (AvgIpc) is 3.15. The number of aryl methyl sites for hydroxylation is 2. The first-order valence-electron chi connectivity index (χ1n) is 9.59. The largest absolute Gasteiger partial charge is 0.326 e. The van der Waals surface area contributed by atoms with Crippen molar-refractivity contribution in [3.8, 4) is 5.69 Å². The summed E-state index contributed by atoms with van der Waals surface area (Å²) in [5.41, 5.74) is 2.27. The Bertz CT molecular complexity index is 1240. The predicted molar refractivity (Wildman–Crippen MR) is 111 cm³/mol. The highest BCUT2D eigenvalue weighted by Gasteiger charge is 2.12. The Kier molecular flexibility index (Phi) is 5.38. The van der Waals surface area contributed by atoms with Gasteiger partial charge in [0.15, 0.2) is 0 Å². The van der Waals surface area contributed by atoms with E-state index in [2.05, 4.69) is 15.5 Å². The Hall–Kier alpha value is -3.81. The number of amides is 1. The van der Waals surface area contributed by atoms with E-state index in [1.807, 2.05) is 31.2 Å². The lowest BCUT2D eigenvalue weighted by atomic mass is 10.2. The van der Waals surface area contributed by atoms with Crippen molar-refractivity contribution in [2.75, 3.05) is 5.32 Å². The Morgan fingerprint density at radius 2 is 1.77 bits per heavy atom. The quantitative estimate of drug-likeness (QED) is 0.534. The van der Waals surface area contributed by atoms with Crippen molar-refractivity contribution < 1.29 is 9.18 Å². The van der Waals surface area contributed by atoms with Gasteiger partial charge in [0, 0.05) is 36.6 Å². The summed E-state index contributed by atoms with van der Waals surface area (Å²) in [4.78, 5) is 24.9. The van der Waals surface area contributed by atoms with Gasteiger partial charge in [0.25, 0.3) is 0 Å². The van der Waals surface area contributed by atoms with Crippen LogP contribution in [-0.2, 0) is 11.2 Å². The summed E-state index contributed by atoms with van der Waals surface area (Å²) in [5, 5.41) is 11.0. The Labute approximate surface area is 171 Å². The minimum atomic E-state index is -0.371. The number of fused-ring (bicyclic) bond motifs is 1. The molecule has 2 aromatic heterocycles. The van der Waals surface area contributed by atoms with Gasteiger partial charge in [-0.3, -0.25) is 18.6 Å². The van der Waals surface area contributed by atoms with E-state index in [9.17, 15) is 14.0 Å². The van der Waals surface area contributed by atoms with Crippen LogP contribution >= 0.6 is 0 Å². The molecule has 1 N–H and O–H groups in total. The number of aromatic nitrogens is 4. The molecule has 1 amide bonds. The van der Waals surface area contributed by atoms with Gasteiger partial charge in [0.2, 0.25) is 11.6 Å². The fourth-order valence-electron chi connectivity index (χ4n) is 3.18. The summed E-state index contributed by atoms with van der Waals surface area (Å²) >= 11 is 0. The first-order valence-corrected chi connectivity index (χ1v) is 9.59. The standard InChI is InChI=1S/C22H20FN5O2/c1-15-5-9-17(10-6-15)24-20(29)4-2-3-19-25-26-21-22(30)27(13-14-28(19)21)18-11-7-16(23)8-12-18/h5-14H,2-4H2,1H3,(H,24,29). The molecule has 0 saturated heterocycles. The van der Waals surface area contributed by atoms with Crippen molar-refractivity contribution in [1.29, 1.82) is 0 Å². The number of hydrogen-bond acceptors (Lipinski definition) is 4. The van der Waals surface area contributed by atoms with Crippen LogP contribution in [0.5, 0.6) is 0 Å². The molecule has 8 heteroatoms. The third-order valence-corrected chi connectivity index (χ3v) is 4.79. The maximum absolute atomic E-state index is 13.1. The van der Waals surface area contributed by atoms with E-state index in [4.69, 9.17) is 0 Å². The number of rotatable bonds is 6. The highest BCUT2D eigenvalue weighted by atomic mass is 19.1. The van der Waals surface area contributed by atoms with E-state index in [0.717, 1.165) is 11.3 Å². The minimum absolute atomic E-state index is 0.0775. The van der Waals surface area contributed by atoms with E-state index in [1.165, 1.54) is 28.8 Å². The van der Waals surface area contributed by atoms with Crippen LogP contribution in [0.25, 0.3) is 11.3 Å². The zero-order valence-corrected chi connectivity index (χ0v) is 16.4. The number of halogens is 1. The van der Waals surface area contributed by atoms with Crippen molar-refractivity contribution in [3.63, 3.8) is 0 Å².